The predicted octanol–water partition coefficient (Wildman–Crippen LogP) is 6.88. The molecule has 0 bridgehead atoms. The Kier molecular flexibility index (Phi) is 13.6. The zero-order valence-corrected chi connectivity index (χ0v) is 28.9. The Morgan fingerprint density at radius 2 is 1.24 bits per heavy atom. The number of methoxy groups -OCH3 is 1. The Hall–Kier alpha value is -3.83. The Balaban J connectivity index is 1.53. The van der Waals surface area contributed by atoms with E-state index in [0.717, 1.165) is 32.9 Å². The topological polar surface area (TPSA) is 101 Å². The number of hydrogen-bond donors (Lipinski definition) is 1. The van der Waals surface area contributed by atoms with Crippen molar-refractivity contribution in [1.29, 1.82) is 0 Å². The summed E-state index contributed by atoms with van der Waals surface area (Å²) in [7, 11) is 1.62. The first-order valence-electron chi connectivity index (χ1n) is 16.5. The van der Waals surface area contributed by atoms with Gasteiger partial charge in [-0.2, -0.15) is 0 Å². The summed E-state index contributed by atoms with van der Waals surface area (Å²) in [6.07, 6.45) is -5.10. The molecule has 0 aromatic heterocycles. The van der Waals surface area contributed by atoms with Gasteiger partial charge in [0.1, 0.15) is 47.5 Å². The molecule has 0 radical (unpaired) electrons. The van der Waals surface area contributed by atoms with E-state index in [0.29, 0.717) is 0 Å². The van der Waals surface area contributed by atoms with Crippen LogP contribution in [0, 0.1) is 6.92 Å². The van der Waals surface area contributed by atoms with Crippen LogP contribution < -0.4 is 4.74 Å². The summed E-state index contributed by atoms with van der Waals surface area (Å²) in [5, 5.41) is 11.6. The first-order chi connectivity index (χ1) is 23.8. The van der Waals surface area contributed by atoms with Gasteiger partial charge in [-0.1, -0.05) is 102 Å². The number of benzene rings is 4. The SMILES string of the molecule is COc1ccc(CO[C@@H]2[C@@H](OCc3ccccc3)[C@@H](OCc3ccccc3)[C@@H](C(O)C(=O)CCC(C)=O)O[C@H]2Sc2ccc(C)cc2)cc1. The second kappa shape index (κ2) is 18.2. The molecule has 258 valence electrons. The van der Waals surface area contributed by atoms with Gasteiger partial charge in [-0.3, -0.25) is 4.79 Å². The van der Waals surface area contributed by atoms with Crippen LogP contribution in [-0.2, 0) is 48.4 Å². The number of aliphatic hydroxyl groups is 1. The summed E-state index contributed by atoms with van der Waals surface area (Å²) in [6, 6.07) is 35.1. The molecule has 1 saturated heterocycles. The average molecular weight is 685 g/mol. The summed E-state index contributed by atoms with van der Waals surface area (Å²) in [5.41, 5.74) is 3.20. The molecule has 8 nitrogen and oxygen atoms in total. The second-order valence-electron chi connectivity index (χ2n) is 12.2. The minimum atomic E-state index is -1.56. The zero-order valence-electron chi connectivity index (χ0n) is 28.1. The smallest absolute Gasteiger partial charge is 0.164 e. The van der Waals surface area contributed by atoms with Crippen molar-refractivity contribution in [1.82, 2.24) is 0 Å². The molecular formula is C40H44O8S. The fraction of sp³-hybridized carbons (Fsp3) is 0.350. The summed E-state index contributed by atoms with van der Waals surface area (Å²) < 4.78 is 32.0. The summed E-state index contributed by atoms with van der Waals surface area (Å²) in [5.74, 6) is 0.111. The highest BCUT2D eigenvalue weighted by molar-refractivity contribution is 7.99. The van der Waals surface area contributed by atoms with Crippen LogP contribution >= 0.6 is 11.8 Å². The van der Waals surface area contributed by atoms with E-state index < -0.39 is 41.7 Å². The second-order valence-corrected chi connectivity index (χ2v) is 13.3. The molecule has 0 aliphatic carbocycles. The van der Waals surface area contributed by atoms with Gasteiger partial charge in [0.15, 0.2) is 5.78 Å². The van der Waals surface area contributed by atoms with Crippen LogP contribution in [0.5, 0.6) is 5.75 Å². The van der Waals surface area contributed by atoms with E-state index in [1.54, 1.807) is 7.11 Å². The summed E-state index contributed by atoms with van der Waals surface area (Å²) >= 11 is 1.44. The molecule has 4 aromatic rings. The Morgan fingerprint density at radius 1 is 0.714 bits per heavy atom. The summed E-state index contributed by atoms with van der Waals surface area (Å²) in [4.78, 5) is 26.1. The number of aliphatic hydroxyl groups excluding tert-OH is 1. The maximum absolute atomic E-state index is 13.4. The average Bonchev–Trinajstić information content (AvgIpc) is 3.13. The van der Waals surface area contributed by atoms with Crippen LogP contribution in [0.2, 0.25) is 0 Å². The van der Waals surface area contributed by atoms with Gasteiger partial charge in [0.05, 0.1) is 26.9 Å². The first-order valence-corrected chi connectivity index (χ1v) is 17.3. The lowest BCUT2D eigenvalue weighted by molar-refractivity contribution is -0.260. The lowest BCUT2D eigenvalue weighted by Gasteiger charge is -2.47. The number of hydrogen-bond acceptors (Lipinski definition) is 9. The normalized spacial score (nSPS) is 21.2. The van der Waals surface area contributed by atoms with Crippen LogP contribution in [0.15, 0.2) is 114 Å². The van der Waals surface area contributed by atoms with Gasteiger partial charge in [-0.15, -0.1) is 0 Å². The monoisotopic (exact) mass is 684 g/mol. The minimum Gasteiger partial charge on any atom is -0.497 e. The number of carbonyl (C=O) groups excluding carboxylic acids is 2. The molecule has 5 rings (SSSR count). The molecule has 0 saturated carbocycles. The number of ether oxygens (including phenoxy) is 5. The number of Topliss-reactive ketones (excluding diaryl/α,β-unsaturated/α-hetero) is 2. The quantitative estimate of drug-likeness (QED) is 0.128. The van der Waals surface area contributed by atoms with Crippen molar-refractivity contribution >= 4 is 23.3 Å². The van der Waals surface area contributed by atoms with Crippen molar-refractivity contribution in [2.75, 3.05) is 7.11 Å². The third-order valence-corrected chi connectivity index (χ3v) is 9.50. The van der Waals surface area contributed by atoms with E-state index in [4.69, 9.17) is 23.7 Å². The van der Waals surface area contributed by atoms with Gasteiger partial charge in [-0.25, -0.2) is 0 Å². The Bertz CT molecular complexity index is 1600. The molecular weight excluding hydrogens is 640 g/mol. The standard InChI is InChI=1S/C40H44O8S/c1-27-14-21-33(22-15-27)49-40-39(47-26-31-17-19-32(44-3)20-18-31)38(46-25-30-12-8-5-9-13-30)37(45-24-29-10-6-4-7-11-29)36(48-40)35(43)34(42)23-16-28(2)41/h4-15,17-22,35-40,43H,16,23-26H2,1-3H3/t35?,36-,37+,38+,39-,40+/m1/s1. The molecule has 1 fully saturated rings. The third-order valence-electron chi connectivity index (χ3n) is 8.34. The van der Waals surface area contributed by atoms with E-state index in [-0.39, 0.29) is 38.4 Å². The molecule has 1 N–H and O–H groups in total. The van der Waals surface area contributed by atoms with Crippen LogP contribution in [0.4, 0.5) is 0 Å². The lowest BCUT2D eigenvalue weighted by Crippen LogP contribution is -2.63. The van der Waals surface area contributed by atoms with E-state index in [1.807, 2.05) is 116 Å². The van der Waals surface area contributed by atoms with Crippen LogP contribution in [0.3, 0.4) is 0 Å². The van der Waals surface area contributed by atoms with E-state index in [1.165, 1.54) is 18.7 Å². The van der Waals surface area contributed by atoms with Crippen molar-refractivity contribution < 1.29 is 38.4 Å². The Morgan fingerprint density at radius 3 is 1.80 bits per heavy atom. The molecule has 1 aliphatic rings. The molecule has 0 spiro atoms. The number of rotatable bonds is 17. The highest BCUT2D eigenvalue weighted by atomic mass is 32.2. The van der Waals surface area contributed by atoms with Crippen molar-refractivity contribution in [2.24, 2.45) is 0 Å². The third kappa shape index (κ3) is 10.6. The van der Waals surface area contributed by atoms with Crippen molar-refractivity contribution in [3.8, 4) is 5.75 Å². The van der Waals surface area contributed by atoms with Gasteiger partial charge in [0.25, 0.3) is 0 Å². The van der Waals surface area contributed by atoms with Gasteiger partial charge >= 0.3 is 0 Å². The number of ketones is 2. The van der Waals surface area contributed by atoms with Gasteiger partial charge in [-0.05, 0) is 54.8 Å². The molecule has 1 heterocycles. The molecule has 9 heteroatoms. The molecule has 1 aliphatic heterocycles. The molecule has 0 amide bonds. The maximum Gasteiger partial charge on any atom is 0.164 e. The molecule has 49 heavy (non-hydrogen) atoms. The number of carbonyl (C=O) groups is 2. The highest BCUT2D eigenvalue weighted by Gasteiger charge is 2.52. The van der Waals surface area contributed by atoms with Crippen molar-refractivity contribution in [3.05, 3.63) is 131 Å². The zero-order chi connectivity index (χ0) is 34.6. The fourth-order valence-corrected chi connectivity index (χ4v) is 6.68. The van der Waals surface area contributed by atoms with E-state index in [2.05, 4.69) is 0 Å². The summed E-state index contributed by atoms with van der Waals surface area (Å²) in [6.45, 7) is 4.11. The van der Waals surface area contributed by atoms with Crippen LogP contribution in [-0.4, -0.2) is 59.7 Å². The highest BCUT2D eigenvalue weighted by Crippen LogP contribution is 2.39. The first kappa shape index (κ1) is 36.5. The van der Waals surface area contributed by atoms with Crippen molar-refractivity contribution in [2.45, 2.75) is 87.4 Å². The van der Waals surface area contributed by atoms with Gasteiger partial charge < -0.3 is 33.6 Å². The lowest BCUT2D eigenvalue weighted by atomic mass is 9.92. The minimum absolute atomic E-state index is 0.0290. The van der Waals surface area contributed by atoms with Gasteiger partial charge in [0.2, 0.25) is 0 Å². The van der Waals surface area contributed by atoms with Crippen LogP contribution in [0.1, 0.15) is 42.0 Å². The van der Waals surface area contributed by atoms with E-state index >= 15 is 0 Å². The molecule has 1 unspecified atom stereocenters. The van der Waals surface area contributed by atoms with Crippen LogP contribution in [0.25, 0.3) is 0 Å². The predicted molar refractivity (Wildman–Crippen MR) is 188 cm³/mol. The fourth-order valence-electron chi connectivity index (χ4n) is 5.57. The maximum atomic E-state index is 13.4. The van der Waals surface area contributed by atoms with Gasteiger partial charge in [0, 0.05) is 17.7 Å². The number of thioether (sulfide) groups is 1. The molecule has 4 aromatic carbocycles. The van der Waals surface area contributed by atoms with E-state index in [9.17, 15) is 14.7 Å². The molecule has 6 atom stereocenters. The Labute approximate surface area is 292 Å². The number of aryl methyl sites for hydroxylation is 1. The van der Waals surface area contributed by atoms with Crippen molar-refractivity contribution in [3.63, 3.8) is 0 Å². The largest absolute Gasteiger partial charge is 0.497 e.